The van der Waals surface area contributed by atoms with Crippen LogP contribution in [0.2, 0.25) is 0 Å². The number of rotatable bonds is 16. The summed E-state index contributed by atoms with van der Waals surface area (Å²) in [7, 11) is 1.66. The van der Waals surface area contributed by atoms with Gasteiger partial charge in [0.1, 0.15) is 11.7 Å². The first kappa shape index (κ1) is 33.1. The maximum Gasteiger partial charge on any atom is 0.314 e. The lowest BCUT2D eigenvalue weighted by molar-refractivity contribution is -0.140. The molecule has 2 heterocycles. The van der Waals surface area contributed by atoms with Crippen LogP contribution < -0.4 is 21.1 Å². The van der Waals surface area contributed by atoms with Crippen molar-refractivity contribution in [3.8, 4) is 5.75 Å². The first-order chi connectivity index (χ1) is 21.0. The predicted octanol–water partition coefficient (Wildman–Crippen LogP) is 4.42. The molecule has 9 heteroatoms. The molecule has 0 aliphatic carbocycles. The van der Waals surface area contributed by atoms with Crippen molar-refractivity contribution in [2.45, 2.75) is 38.9 Å². The van der Waals surface area contributed by atoms with E-state index in [4.69, 9.17) is 10.5 Å². The zero-order valence-electron chi connectivity index (χ0n) is 24.6. The van der Waals surface area contributed by atoms with Crippen LogP contribution in [0.15, 0.2) is 97.3 Å². The minimum Gasteiger partial charge on any atom is -0.497 e. The van der Waals surface area contributed by atoms with Crippen molar-refractivity contribution in [2.24, 2.45) is 11.7 Å². The van der Waals surface area contributed by atoms with E-state index in [1.165, 1.54) is 5.56 Å². The van der Waals surface area contributed by atoms with Crippen molar-refractivity contribution >= 4 is 11.8 Å². The number of nitrogens with two attached hydrogens (primary N) is 1. The lowest BCUT2D eigenvalue weighted by Crippen LogP contribution is -2.25. The van der Waals surface area contributed by atoms with E-state index in [9.17, 15) is 14.7 Å². The number of methoxy groups -OCH3 is 1. The Kier molecular flexibility index (Phi) is 14.5. The highest BCUT2D eigenvalue weighted by Gasteiger charge is 2.26. The predicted molar refractivity (Wildman–Crippen MR) is 168 cm³/mol. The Morgan fingerprint density at radius 1 is 0.814 bits per heavy atom. The maximum atomic E-state index is 12.7. The summed E-state index contributed by atoms with van der Waals surface area (Å²) in [6.07, 6.45) is 5.30. The van der Waals surface area contributed by atoms with E-state index >= 15 is 0 Å². The number of aliphatic carboxylic acids is 1. The van der Waals surface area contributed by atoms with Crippen molar-refractivity contribution < 1.29 is 19.4 Å². The SMILES string of the molecule is COc1ccc(CCN)cc1.O=C(O)[C@@H](CCCNCc1ccccn1)C(=O)c1ccc(CNCc2ccccn2)cc1. The number of pyridine rings is 2. The second-order valence-corrected chi connectivity index (χ2v) is 9.90. The van der Waals surface area contributed by atoms with Gasteiger partial charge in [-0.2, -0.15) is 0 Å². The van der Waals surface area contributed by atoms with Gasteiger partial charge >= 0.3 is 5.97 Å². The second-order valence-electron chi connectivity index (χ2n) is 9.90. The number of carboxylic acids is 1. The zero-order chi connectivity index (χ0) is 30.7. The van der Waals surface area contributed by atoms with Crippen LogP contribution in [0.25, 0.3) is 0 Å². The number of hydrogen-bond donors (Lipinski definition) is 4. The van der Waals surface area contributed by atoms with Crippen LogP contribution in [0.3, 0.4) is 0 Å². The molecule has 226 valence electrons. The molecule has 1 atom stereocenters. The Labute approximate surface area is 253 Å². The van der Waals surface area contributed by atoms with Gasteiger partial charge in [0.05, 0.1) is 18.5 Å². The first-order valence-corrected chi connectivity index (χ1v) is 14.4. The van der Waals surface area contributed by atoms with Crippen molar-refractivity contribution in [1.82, 2.24) is 20.6 Å². The van der Waals surface area contributed by atoms with Crippen LogP contribution in [0.1, 0.15) is 45.7 Å². The summed E-state index contributed by atoms with van der Waals surface area (Å²) in [6.45, 7) is 3.22. The molecule has 0 aliphatic rings. The lowest BCUT2D eigenvalue weighted by atomic mass is 9.93. The fourth-order valence-corrected chi connectivity index (χ4v) is 4.30. The van der Waals surface area contributed by atoms with Gasteiger partial charge in [-0.15, -0.1) is 0 Å². The van der Waals surface area contributed by atoms with Crippen molar-refractivity contribution in [3.63, 3.8) is 0 Å². The number of ether oxygens (including phenoxy) is 1. The number of carbonyl (C=O) groups excluding carboxylic acids is 1. The summed E-state index contributed by atoms with van der Waals surface area (Å²) < 4.78 is 5.02. The molecular weight excluding hydrogens is 542 g/mol. The number of aromatic nitrogens is 2. The summed E-state index contributed by atoms with van der Waals surface area (Å²) >= 11 is 0. The highest BCUT2D eigenvalue weighted by Crippen LogP contribution is 2.16. The number of hydrogen-bond acceptors (Lipinski definition) is 8. The topological polar surface area (TPSA) is 139 Å². The molecule has 9 nitrogen and oxygen atoms in total. The Hall–Kier alpha value is -4.44. The smallest absolute Gasteiger partial charge is 0.314 e. The van der Waals surface area contributed by atoms with Gasteiger partial charge in [-0.3, -0.25) is 19.6 Å². The largest absolute Gasteiger partial charge is 0.497 e. The number of carboxylic acid groups (broad SMARTS) is 1. The average molecular weight is 584 g/mol. The van der Waals surface area contributed by atoms with Crippen LogP contribution in [-0.4, -0.2) is 47.0 Å². The summed E-state index contributed by atoms with van der Waals surface area (Å²) in [4.78, 5) is 32.9. The minimum atomic E-state index is -1.08. The van der Waals surface area contributed by atoms with Crippen LogP contribution in [0, 0.1) is 5.92 Å². The van der Waals surface area contributed by atoms with E-state index < -0.39 is 11.9 Å². The van der Waals surface area contributed by atoms with Crippen LogP contribution >= 0.6 is 0 Å². The van der Waals surface area contributed by atoms with Crippen LogP contribution in [-0.2, 0) is 30.8 Å². The van der Waals surface area contributed by atoms with Gasteiger partial charge < -0.3 is 26.2 Å². The highest BCUT2D eigenvalue weighted by molar-refractivity contribution is 6.08. The third-order valence-corrected chi connectivity index (χ3v) is 6.69. The Morgan fingerprint density at radius 3 is 1.95 bits per heavy atom. The third-order valence-electron chi connectivity index (χ3n) is 6.69. The van der Waals surface area contributed by atoms with E-state index in [-0.39, 0.29) is 12.2 Å². The second kappa shape index (κ2) is 18.9. The number of nitrogens with one attached hydrogen (secondary N) is 2. The number of Topliss-reactive ketones (excluding diaryl/α,β-unsaturated/α-hetero) is 1. The van der Waals surface area contributed by atoms with E-state index in [2.05, 4.69) is 20.6 Å². The van der Waals surface area contributed by atoms with E-state index in [0.29, 0.717) is 44.7 Å². The Bertz CT molecular complexity index is 1350. The number of carbonyl (C=O) groups is 2. The summed E-state index contributed by atoms with van der Waals surface area (Å²) in [5.41, 5.74) is 9.98. The highest BCUT2D eigenvalue weighted by atomic mass is 16.5. The Morgan fingerprint density at radius 2 is 1.42 bits per heavy atom. The molecule has 0 radical (unpaired) electrons. The third kappa shape index (κ3) is 12.1. The quantitative estimate of drug-likeness (QED) is 0.0858. The van der Waals surface area contributed by atoms with Gasteiger partial charge in [-0.05, 0) is 79.9 Å². The van der Waals surface area contributed by atoms with Gasteiger partial charge in [-0.1, -0.05) is 48.5 Å². The molecule has 43 heavy (non-hydrogen) atoms. The molecular formula is C34H41N5O4. The minimum absolute atomic E-state index is 0.288. The molecule has 0 amide bonds. The molecule has 0 saturated heterocycles. The van der Waals surface area contributed by atoms with Crippen molar-refractivity contribution in [1.29, 1.82) is 0 Å². The molecule has 0 fully saturated rings. The molecule has 2 aromatic heterocycles. The first-order valence-electron chi connectivity index (χ1n) is 14.4. The van der Waals surface area contributed by atoms with Crippen molar-refractivity contribution in [2.75, 3.05) is 20.2 Å². The van der Waals surface area contributed by atoms with Gasteiger partial charge in [-0.25, -0.2) is 0 Å². The number of benzene rings is 2. The van der Waals surface area contributed by atoms with Crippen LogP contribution in [0.5, 0.6) is 5.75 Å². The van der Waals surface area contributed by atoms with Gasteiger partial charge in [0.2, 0.25) is 0 Å². The summed E-state index contributed by atoms with van der Waals surface area (Å²) in [5, 5.41) is 16.1. The fraction of sp³-hybridized carbons (Fsp3) is 0.294. The molecule has 2 aromatic carbocycles. The average Bonchev–Trinajstić information content (AvgIpc) is 3.04. The Balaban J connectivity index is 0.000000386. The van der Waals surface area contributed by atoms with E-state index in [0.717, 1.165) is 29.1 Å². The maximum absolute atomic E-state index is 12.7. The molecule has 0 aliphatic heterocycles. The number of ketones is 1. The molecule has 0 spiro atoms. The molecule has 0 saturated carbocycles. The number of nitrogens with zero attached hydrogens (tertiary/aromatic N) is 2. The molecule has 4 rings (SSSR count). The standard InChI is InChI=1S/C25H28N4O3.C9H13NO/c30-24(23(25(31)32)8-5-13-26-17-21-6-1-3-14-28-21)20-11-9-19(10-12-20)16-27-18-22-7-2-4-15-29-22;1-11-9-4-2-8(3-5-9)6-7-10/h1-4,6-7,9-12,14-15,23,26-27H,5,8,13,16-18H2,(H,31,32);2-5H,6-7,10H2,1H3/t23-;/m0./s1. The molecule has 4 aromatic rings. The molecule has 5 N–H and O–H groups in total. The summed E-state index contributed by atoms with van der Waals surface area (Å²) in [6, 6.07) is 26.6. The van der Waals surface area contributed by atoms with E-state index in [1.807, 2.05) is 72.8 Å². The van der Waals surface area contributed by atoms with Gasteiger partial charge in [0, 0.05) is 37.6 Å². The zero-order valence-corrected chi connectivity index (χ0v) is 24.6. The summed E-state index contributed by atoms with van der Waals surface area (Å²) in [5.74, 6) is -1.58. The van der Waals surface area contributed by atoms with Crippen LogP contribution in [0.4, 0.5) is 0 Å². The van der Waals surface area contributed by atoms with Crippen molar-refractivity contribution in [3.05, 3.63) is 125 Å². The lowest BCUT2D eigenvalue weighted by Gasteiger charge is -2.12. The van der Waals surface area contributed by atoms with E-state index in [1.54, 1.807) is 31.6 Å². The molecule has 0 unspecified atom stereocenters. The monoisotopic (exact) mass is 583 g/mol. The normalized spacial score (nSPS) is 11.2. The van der Waals surface area contributed by atoms with Gasteiger partial charge in [0.25, 0.3) is 0 Å². The van der Waals surface area contributed by atoms with Gasteiger partial charge in [0.15, 0.2) is 5.78 Å². The molecule has 0 bridgehead atoms. The fourth-order valence-electron chi connectivity index (χ4n) is 4.30.